The molecule has 0 bridgehead atoms. The fourth-order valence-corrected chi connectivity index (χ4v) is 2.08. The van der Waals surface area contributed by atoms with E-state index < -0.39 is 0 Å². The molecular formula is C13H17FN2O. The molecule has 1 heterocycles. The molecular weight excluding hydrogens is 219 g/mol. The maximum atomic E-state index is 12.9. The summed E-state index contributed by atoms with van der Waals surface area (Å²) in [4.78, 5) is 11.7. The first kappa shape index (κ1) is 12.0. The number of hydrogen-bond donors (Lipinski definition) is 2. The van der Waals surface area contributed by atoms with Gasteiger partial charge in [-0.25, -0.2) is 4.39 Å². The van der Waals surface area contributed by atoms with Crippen LogP contribution in [0.4, 0.5) is 4.39 Å². The van der Waals surface area contributed by atoms with E-state index in [1.54, 1.807) is 12.1 Å². The molecule has 1 aliphatic rings. The first-order valence-corrected chi connectivity index (χ1v) is 6.00. The Morgan fingerprint density at radius 2 is 2.41 bits per heavy atom. The number of carbonyl (C=O) groups excluding carboxylic acids is 1. The Balaban J connectivity index is 1.77. The SMILES string of the molecule is O=C(NCCC1CCNC1)c1cccc(F)c1. The molecule has 1 atom stereocenters. The summed E-state index contributed by atoms with van der Waals surface area (Å²) in [5.41, 5.74) is 0.384. The average Bonchev–Trinajstić information content (AvgIpc) is 2.82. The Labute approximate surface area is 100 Å². The Hall–Kier alpha value is -1.42. The highest BCUT2D eigenvalue weighted by Gasteiger charge is 2.14. The van der Waals surface area contributed by atoms with Crippen molar-refractivity contribution >= 4 is 5.91 Å². The first-order valence-electron chi connectivity index (χ1n) is 6.00. The van der Waals surface area contributed by atoms with Crippen molar-refractivity contribution in [2.45, 2.75) is 12.8 Å². The van der Waals surface area contributed by atoms with E-state index >= 15 is 0 Å². The molecule has 1 saturated heterocycles. The lowest BCUT2D eigenvalue weighted by molar-refractivity contribution is 0.0951. The van der Waals surface area contributed by atoms with E-state index in [0.29, 0.717) is 18.0 Å². The minimum atomic E-state index is -0.377. The molecule has 17 heavy (non-hydrogen) atoms. The van der Waals surface area contributed by atoms with Crippen molar-refractivity contribution < 1.29 is 9.18 Å². The zero-order valence-electron chi connectivity index (χ0n) is 9.71. The molecule has 0 saturated carbocycles. The lowest BCUT2D eigenvalue weighted by atomic mass is 10.1. The van der Waals surface area contributed by atoms with Crippen molar-refractivity contribution in [1.82, 2.24) is 10.6 Å². The van der Waals surface area contributed by atoms with E-state index in [9.17, 15) is 9.18 Å². The number of rotatable bonds is 4. The van der Waals surface area contributed by atoms with Crippen LogP contribution in [-0.4, -0.2) is 25.5 Å². The highest BCUT2D eigenvalue weighted by Crippen LogP contribution is 2.11. The largest absolute Gasteiger partial charge is 0.352 e. The van der Waals surface area contributed by atoms with E-state index in [4.69, 9.17) is 0 Å². The molecule has 1 unspecified atom stereocenters. The van der Waals surface area contributed by atoms with Crippen LogP contribution < -0.4 is 10.6 Å². The third-order valence-corrected chi connectivity index (χ3v) is 3.09. The van der Waals surface area contributed by atoms with E-state index in [-0.39, 0.29) is 11.7 Å². The Bertz CT molecular complexity index is 389. The topological polar surface area (TPSA) is 41.1 Å². The van der Waals surface area contributed by atoms with Gasteiger partial charge in [-0.3, -0.25) is 4.79 Å². The molecule has 1 fully saturated rings. The van der Waals surface area contributed by atoms with Gasteiger partial charge in [0.15, 0.2) is 0 Å². The van der Waals surface area contributed by atoms with Gasteiger partial charge in [0.2, 0.25) is 0 Å². The summed E-state index contributed by atoms with van der Waals surface area (Å²) in [7, 11) is 0. The van der Waals surface area contributed by atoms with Gasteiger partial charge in [0.25, 0.3) is 5.91 Å². The van der Waals surface area contributed by atoms with Gasteiger partial charge < -0.3 is 10.6 Å². The second kappa shape index (κ2) is 5.77. The number of halogens is 1. The Morgan fingerprint density at radius 3 is 3.12 bits per heavy atom. The number of benzene rings is 1. The summed E-state index contributed by atoms with van der Waals surface area (Å²) in [6.45, 7) is 2.76. The van der Waals surface area contributed by atoms with Gasteiger partial charge in [-0.2, -0.15) is 0 Å². The van der Waals surface area contributed by atoms with E-state index in [1.807, 2.05) is 0 Å². The summed E-state index contributed by atoms with van der Waals surface area (Å²) in [5.74, 6) is 0.0795. The molecule has 4 heteroatoms. The van der Waals surface area contributed by atoms with Crippen LogP contribution in [-0.2, 0) is 0 Å². The average molecular weight is 236 g/mol. The van der Waals surface area contributed by atoms with Crippen LogP contribution in [0.2, 0.25) is 0 Å². The second-order valence-corrected chi connectivity index (χ2v) is 4.41. The van der Waals surface area contributed by atoms with Crippen LogP contribution in [0, 0.1) is 11.7 Å². The summed E-state index contributed by atoms with van der Waals surface area (Å²) in [6.07, 6.45) is 2.16. The molecule has 0 spiro atoms. The number of amides is 1. The minimum absolute atomic E-state index is 0.199. The fraction of sp³-hybridized carbons (Fsp3) is 0.462. The van der Waals surface area contributed by atoms with Crippen molar-refractivity contribution in [3.05, 3.63) is 35.6 Å². The van der Waals surface area contributed by atoms with Crippen molar-refractivity contribution in [1.29, 1.82) is 0 Å². The number of carbonyl (C=O) groups is 1. The van der Waals surface area contributed by atoms with Crippen LogP contribution in [0.1, 0.15) is 23.2 Å². The summed E-state index contributed by atoms with van der Waals surface area (Å²) >= 11 is 0. The zero-order chi connectivity index (χ0) is 12.1. The van der Waals surface area contributed by atoms with Gasteiger partial charge >= 0.3 is 0 Å². The molecule has 0 radical (unpaired) electrons. The van der Waals surface area contributed by atoms with Gasteiger partial charge in [-0.1, -0.05) is 6.07 Å². The third kappa shape index (κ3) is 3.53. The monoisotopic (exact) mass is 236 g/mol. The van der Waals surface area contributed by atoms with Crippen molar-refractivity contribution in [3.8, 4) is 0 Å². The molecule has 0 aromatic heterocycles. The lowest BCUT2D eigenvalue weighted by Crippen LogP contribution is -2.26. The van der Waals surface area contributed by atoms with Crippen molar-refractivity contribution in [2.24, 2.45) is 5.92 Å². The first-order chi connectivity index (χ1) is 8.25. The van der Waals surface area contributed by atoms with Crippen LogP contribution in [0.5, 0.6) is 0 Å². The molecule has 3 nitrogen and oxygen atoms in total. The van der Waals surface area contributed by atoms with E-state index in [1.165, 1.54) is 18.6 Å². The predicted octanol–water partition coefficient (Wildman–Crippen LogP) is 1.56. The normalized spacial score (nSPS) is 19.2. The van der Waals surface area contributed by atoms with Crippen LogP contribution in [0.3, 0.4) is 0 Å². The lowest BCUT2D eigenvalue weighted by Gasteiger charge is -2.09. The molecule has 0 aliphatic carbocycles. The van der Waals surface area contributed by atoms with E-state index in [2.05, 4.69) is 10.6 Å². The smallest absolute Gasteiger partial charge is 0.251 e. The summed E-state index contributed by atoms with van der Waals surface area (Å²) in [6, 6.07) is 5.76. The fourth-order valence-electron chi connectivity index (χ4n) is 2.08. The van der Waals surface area contributed by atoms with Gasteiger partial charge in [-0.15, -0.1) is 0 Å². The summed E-state index contributed by atoms with van der Waals surface area (Å²) in [5, 5.41) is 6.11. The molecule has 1 aromatic rings. The molecule has 2 rings (SSSR count). The highest BCUT2D eigenvalue weighted by molar-refractivity contribution is 5.94. The minimum Gasteiger partial charge on any atom is -0.352 e. The van der Waals surface area contributed by atoms with Gasteiger partial charge in [-0.05, 0) is 50.0 Å². The van der Waals surface area contributed by atoms with Gasteiger partial charge in [0.05, 0.1) is 0 Å². The van der Waals surface area contributed by atoms with Crippen molar-refractivity contribution in [3.63, 3.8) is 0 Å². The number of hydrogen-bond acceptors (Lipinski definition) is 2. The highest BCUT2D eigenvalue weighted by atomic mass is 19.1. The molecule has 1 amide bonds. The maximum Gasteiger partial charge on any atom is 0.251 e. The van der Waals surface area contributed by atoms with Gasteiger partial charge in [0, 0.05) is 12.1 Å². The van der Waals surface area contributed by atoms with Crippen LogP contribution in [0.15, 0.2) is 24.3 Å². The van der Waals surface area contributed by atoms with Crippen LogP contribution in [0.25, 0.3) is 0 Å². The molecule has 1 aromatic carbocycles. The third-order valence-electron chi connectivity index (χ3n) is 3.09. The molecule has 1 aliphatic heterocycles. The zero-order valence-corrected chi connectivity index (χ0v) is 9.71. The van der Waals surface area contributed by atoms with Gasteiger partial charge in [0.1, 0.15) is 5.82 Å². The predicted molar refractivity (Wildman–Crippen MR) is 64.3 cm³/mol. The Morgan fingerprint density at radius 1 is 1.53 bits per heavy atom. The quantitative estimate of drug-likeness (QED) is 0.833. The van der Waals surface area contributed by atoms with E-state index in [0.717, 1.165) is 19.5 Å². The van der Waals surface area contributed by atoms with Crippen molar-refractivity contribution in [2.75, 3.05) is 19.6 Å². The standard InChI is InChI=1S/C13H17FN2O/c14-12-3-1-2-11(8-12)13(17)16-7-5-10-4-6-15-9-10/h1-3,8,10,15H,4-7,9H2,(H,16,17). The summed E-state index contributed by atoms with van der Waals surface area (Å²) < 4.78 is 12.9. The Kier molecular flexibility index (Phi) is 4.09. The van der Waals surface area contributed by atoms with Crippen LogP contribution >= 0.6 is 0 Å². The molecule has 92 valence electrons. The maximum absolute atomic E-state index is 12.9. The number of nitrogens with one attached hydrogen (secondary N) is 2. The molecule has 2 N–H and O–H groups in total. The second-order valence-electron chi connectivity index (χ2n) is 4.41.